The summed E-state index contributed by atoms with van der Waals surface area (Å²) < 4.78 is 141. The molecule has 0 aliphatic carbocycles. The van der Waals surface area contributed by atoms with Gasteiger partial charge in [-0.05, 0) is 198 Å². The molecule has 2 aromatic carbocycles. The highest BCUT2D eigenvalue weighted by Gasteiger charge is 2.23. The zero-order valence-electron chi connectivity index (χ0n) is 85.1. The number of fused-ring (bicyclic) bond motifs is 2. The number of aromatic nitrogens is 6. The Kier molecular flexibility index (Phi) is 80.1. The number of ether oxygens (including phenoxy) is 6. The van der Waals surface area contributed by atoms with Crippen LogP contribution < -0.4 is 63.1 Å². The van der Waals surface area contributed by atoms with E-state index >= 15 is 0 Å². The number of hydrogen-bond donors (Lipinski definition) is 9. The van der Waals surface area contributed by atoms with Crippen LogP contribution in [0.2, 0.25) is 10.4 Å². The molecule has 0 fully saturated rings. The molecule has 796 valence electrons. The second-order valence-electron chi connectivity index (χ2n) is 34.0. The maximum Gasteiger partial charge on any atom is 0.407 e. The largest absolute Gasteiger partial charge is 0.497 e. The first-order valence-electron chi connectivity index (χ1n) is 44.9. The summed E-state index contributed by atoms with van der Waals surface area (Å²) in [7, 11) is -3.94. The molecule has 0 spiro atoms. The Bertz CT molecular complexity index is 4840. The fraction of sp³-hybridized carbons (Fsp3) is 0.685. The van der Waals surface area contributed by atoms with Gasteiger partial charge in [0.1, 0.15) is 84.6 Å². The number of amides is 2. The van der Waals surface area contributed by atoms with E-state index in [0.29, 0.717) is 103 Å². The number of alkyl carbamates (subject to hydrolysis) is 2. The van der Waals surface area contributed by atoms with Crippen molar-refractivity contribution in [2.45, 2.75) is 299 Å². The summed E-state index contributed by atoms with van der Waals surface area (Å²) in [6, 6.07) is 19.8. The van der Waals surface area contributed by atoms with Gasteiger partial charge in [0, 0.05) is 135 Å². The summed E-state index contributed by atoms with van der Waals surface area (Å²) in [5, 5.41) is 17.8. The number of carbonyl (C=O) groups is 2. The Morgan fingerprint density at radius 3 is 1.24 bits per heavy atom. The zero-order chi connectivity index (χ0) is 104. The number of carbonyl (C=O) groups excluding carboxylic acids is 2. The third-order valence-electron chi connectivity index (χ3n) is 18.3. The highest BCUT2D eigenvalue weighted by Crippen LogP contribution is 2.29. The van der Waals surface area contributed by atoms with Crippen molar-refractivity contribution in [1.82, 2.24) is 45.4 Å². The van der Waals surface area contributed by atoms with Gasteiger partial charge >= 0.3 is 12.2 Å². The number of halogens is 6. The van der Waals surface area contributed by atoms with Crippen LogP contribution in [0.25, 0.3) is 22.1 Å². The second kappa shape index (κ2) is 77.9. The molecule has 2 amide bonds. The van der Waals surface area contributed by atoms with Crippen LogP contribution in [0.3, 0.4) is 0 Å². The van der Waals surface area contributed by atoms with Gasteiger partial charge < -0.3 is 72.6 Å². The van der Waals surface area contributed by atoms with E-state index in [9.17, 15) is 51.7 Å². The number of unbranched alkanes of at least 4 members (excludes halogenated alkanes) is 5. The van der Waals surface area contributed by atoms with Gasteiger partial charge in [-0.3, -0.25) is 14.9 Å². The van der Waals surface area contributed by atoms with Crippen LogP contribution in [0.4, 0.5) is 21.4 Å². The van der Waals surface area contributed by atoms with Crippen LogP contribution in [-0.4, -0.2) is 238 Å². The summed E-state index contributed by atoms with van der Waals surface area (Å²) >= 11 is 15.9. The quantitative estimate of drug-likeness (QED) is 0.00564. The van der Waals surface area contributed by atoms with Gasteiger partial charge in [0.2, 0.25) is 20.3 Å². The third kappa shape index (κ3) is 81.5. The lowest BCUT2D eigenvalue weighted by atomic mass is 10.1. The van der Waals surface area contributed by atoms with Crippen LogP contribution in [0, 0.1) is 5.53 Å². The molecule has 0 saturated heterocycles. The van der Waals surface area contributed by atoms with E-state index in [1.54, 1.807) is 73.7 Å². The van der Waals surface area contributed by atoms with Crippen molar-refractivity contribution in [2.24, 2.45) is 38.0 Å². The Labute approximate surface area is 852 Å². The molecule has 4 heterocycles. The predicted molar refractivity (Wildman–Crippen MR) is 568 cm³/mol. The lowest BCUT2D eigenvalue weighted by molar-refractivity contribution is 0.0489. The third-order valence-corrected chi connectivity index (χ3v) is 22.7. The summed E-state index contributed by atoms with van der Waals surface area (Å²) in [5.41, 5.74) is 31.8. The van der Waals surface area contributed by atoms with E-state index in [-0.39, 0.29) is 96.0 Å². The first-order valence-corrected chi connectivity index (χ1v) is 56.9. The van der Waals surface area contributed by atoms with E-state index in [1.807, 2.05) is 69.3 Å². The molecule has 0 saturated carbocycles. The van der Waals surface area contributed by atoms with Gasteiger partial charge in [-0.2, -0.15) is 10.5 Å². The minimum atomic E-state index is -3.19. The zero-order valence-corrected chi connectivity index (χ0v) is 93.8. The number of pyridine rings is 2. The maximum atomic E-state index is 11.7. The molecule has 13 N–H and O–H groups in total. The summed E-state index contributed by atoms with van der Waals surface area (Å²) in [4.78, 5) is 51.0. The Hall–Kier alpha value is -6.75. The number of nitrogens with zero attached hydrogens (tertiary/aromatic N) is 10. The first kappa shape index (κ1) is 141. The molecule has 6 aromatic rings. The molecule has 5 atom stereocenters. The number of rotatable bonds is 44. The molecule has 0 bridgehead atoms. The maximum absolute atomic E-state index is 11.7. The lowest BCUT2D eigenvalue weighted by Crippen LogP contribution is -2.42. The van der Waals surface area contributed by atoms with Crippen LogP contribution >= 0.6 is 70.5 Å². The predicted octanol–water partition coefficient (Wildman–Crippen LogP) is 18.9. The number of anilines is 2. The molecule has 6 rings (SSSR count). The second-order valence-corrected chi connectivity index (χ2v) is 46.9. The smallest absolute Gasteiger partial charge is 0.407 e. The molecule has 37 nitrogen and oxygen atoms in total. The molecule has 0 aliphatic rings. The first-order chi connectivity index (χ1) is 62.7. The SMILES string of the molecule is CCCC[C@@H](N)CCS(C)(=O)=O.CCCC[C@@H](N)CCS(C)(=O)=O.CCCC[C@H](CCS(C)(=O)=O)NC(=O)OC(C)(C)C.CCCC[C@H](CCS(C)(=O)=O)Nc1nc(NCc2ccc(OC)cc2OC)nc2cccnc12.CCCC[C@H](CN)NC(=O)OC(C)(C)C.CCN(C(C)C)C(C)C.COc1ccc(CN)c(OC)c1.CS(=O)(=O)Cl.Cl.Cl.Clc1nc(Cl)c2ncccc2n1.N=NN=NCl.[2HH]. The molecule has 0 aliphatic heterocycles. The van der Waals surface area contributed by atoms with Crippen LogP contribution in [0.1, 0.15) is 245 Å². The molecular formula is C89H165Cl6N19O18S5. The van der Waals surface area contributed by atoms with Crippen molar-refractivity contribution in [2.75, 3.05) is 106 Å². The number of methoxy groups -OCH3 is 4. The number of benzene rings is 2. The average Bonchev–Trinajstić information content (AvgIpc) is 0.800. The molecular weight excluding hydrogens is 2000 g/mol. The lowest BCUT2D eigenvalue weighted by Gasteiger charge is -2.28. The van der Waals surface area contributed by atoms with Crippen molar-refractivity contribution in [3.8, 4) is 23.0 Å². The van der Waals surface area contributed by atoms with Gasteiger partial charge in [-0.1, -0.05) is 128 Å². The number of nitrogens with one attached hydrogen (secondary N) is 5. The minimum Gasteiger partial charge on any atom is -0.497 e. The van der Waals surface area contributed by atoms with Crippen molar-refractivity contribution >= 4 is 165 Å². The van der Waals surface area contributed by atoms with E-state index in [2.05, 4.69) is 163 Å². The van der Waals surface area contributed by atoms with E-state index in [0.717, 1.165) is 132 Å². The van der Waals surface area contributed by atoms with Crippen molar-refractivity contribution in [1.29, 1.82) is 5.53 Å². The highest BCUT2D eigenvalue weighted by atomic mass is 35.7. The van der Waals surface area contributed by atoms with Gasteiger partial charge in [-0.15, -0.1) is 24.8 Å². The average molecular weight is 2160 g/mol. The summed E-state index contributed by atoms with van der Waals surface area (Å²) in [6.07, 6.45) is 25.4. The van der Waals surface area contributed by atoms with E-state index in [4.69, 9.17) is 80.1 Å². The fourth-order valence-electron chi connectivity index (χ4n) is 11.6. The van der Waals surface area contributed by atoms with Crippen LogP contribution in [0.5, 0.6) is 23.0 Å². The van der Waals surface area contributed by atoms with Crippen LogP contribution in [-0.2, 0) is 71.0 Å². The minimum absolute atomic E-state index is 0. The number of sulfone groups is 4. The van der Waals surface area contributed by atoms with Gasteiger partial charge in [0.05, 0.1) is 80.5 Å². The highest BCUT2D eigenvalue weighted by molar-refractivity contribution is 8.13. The molecule has 137 heavy (non-hydrogen) atoms. The number of hydrogen-bond acceptors (Lipinski definition) is 33. The Balaban J connectivity index is -0.000000290. The monoisotopic (exact) mass is 2160 g/mol. The molecule has 48 heteroatoms. The van der Waals surface area contributed by atoms with Crippen molar-refractivity contribution < 1.29 is 81.5 Å². The summed E-state index contributed by atoms with van der Waals surface area (Å²) in [6.45, 7) is 35.1. The normalized spacial score (nSPS) is 12.3. The van der Waals surface area contributed by atoms with Gasteiger partial charge in [0.15, 0.2) is 11.0 Å². The van der Waals surface area contributed by atoms with Crippen molar-refractivity contribution in [3.05, 3.63) is 94.6 Å². The van der Waals surface area contributed by atoms with E-state index < -0.39 is 65.7 Å². The van der Waals surface area contributed by atoms with E-state index in [1.165, 1.54) is 25.0 Å². The van der Waals surface area contributed by atoms with Gasteiger partial charge in [-0.25, -0.2) is 66.6 Å². The van der Waals surface area contributed by atoms with Crippen LogP contribution in [0.15, 0.2) is 88.1 Å². The molecule has 0 radical (unpaired) electrons. The molecule has 0 unspecified atom stereocenters. The standard InChI is InChI=1S/C24H33N5O4S.C13H27NO4S.C11H24N2O2.C9H13NO2.2C8H19NO2S.C8H19N.C7H3Cl2N3.CH3ClO2S.ClHN4.2ClH.H2/c1-5-6-8-18(12-14-34(4,30)31)27-23-22-20(9-7-13-25-22)28-24(29-23)26-16-17-10-11-19(32-2)15-21(17)33-3;1-6-7-8-11(9-10-19(5,16)17)14-12(15)18-13(2,3)4;1-5-6-7-9(8-12)13-10(14)15-11(2,3)4;1-11-8-4-3-7(6-10)9(5-8)12-2;2*1-3-4-5-8(9)6-7-12(2,10)11;1-6-9(7(2)3)8(4)5;8-6-5-4(2-1-3-10-5)11-7(9)12-6;1-5(2,3)4;1-3-5-4-2;;;/h7,9-11,13,15,18H,5-6,8,12,14,16H2,1-4H3,(H2,26,27,28,29);11H,6-10H2,1-5H3,(H,14,15);9H,5-8,12H2,1-4H3,(H,13,14);3-5H,6,10H2,1-2H3;2*8H,3-7,9H2,1-2H3;7-8H,6H2,1-5H3;1-3H;1H3;2H;3*1H/t18-;11-;9-;;2*8-;;;;;;;/m111.11......./s1/i;;;;;;;;;;;;1+1. The fourth-order valence-corrected chi connectivity index (χ4v) is 14.9. The van der Waals surface area contributed by atoms with Crippen molar-refractivity contribution in [3.63, 3.8) is 0 Å². The van der Waals surface area contributed by atoms with Gasteiger partial charge in [0.25, 0.3) is 0 Å². The Morgan fingerprint density at radius 2 is 0.891 bits per heavy atom. The Morgan fingerprint density at radius 1 is 0.518 bits per heavy atom. The topological polar surface area (TPSA) is 554 Å². The number of nitrogens with two attached hydrogens (primary N) is 4. The molecule has 4 aromatic heterocycles. The summed E-state index contributed by atoms with van der Waals surface area (Å²) in [5.74, 6) is 4.64.